The monoisotopic (exact) mass is 539 g/mol. The van der Waals surface area contributed by atoms with E-state index >= 15 is 0 Å². The summed E-state index contributed by atoms with van der Waals surface area (Å²) >= 11 is 0. The van der Waals surface area contributed by atoms with Crippen LogP contribution in [0.25, 0.3) is 11.1 Å². The van der Waals surface area contributed by atoms with E-state index in [1.165, 1.54) is 34.6 Å². The molecule has 200 valence electrons. The lowest BCUT2D eigenvalue weighted by molar-refractivity contribution is -0.139. The maximum absolute atomic E-state index is 14.2. The van der Waals surface area contributed by atoms with E-state index in [-0.39, 0.29) is 16.1 Å². The Labute approximate surface area is 221 Å². The van der Waals surface area contributed by atoms with Gasteiger partial charge in [0.05, 0.1) is 17.7 Å². The van der Waals surface area contributed by atoms with Crippen molar-refractivity contribution in [1.29, 1.82) is 0 Å². The van der Waals surface area contributed by atoms with Crippen LogP contribution < -0.4 is 13.8 Å². The van der Waals surface area contributed by atoms with Gasteiger partial charge in [0.2, 0.25) is 0 Å². The lowest BCUT2D eigenvalue weighted by Crippen LogP contribution is -2.38. The molecule has 3 aromatic rings. The Kier molecular flexibility index (Phi) is 6.81. The van der Waals surface area contributed by atoms with Gasteiger partial charge in [0.1, 0.15) is 17.3 Å². The SMILES string of the molecule is COc1ccc(F)cc1-c1ccc2c(c1)C1(CCCCC1)CN2S(=O)(=O)c1ccc(OCC(=O)O)c(C)c1. The lowest BCUT2D eigenvalue weighted by atomic mass is 9.70. The molecule has 2 aliphatic rings. The Morgan fingerprint density at radius 3 is 2.45 bits per heavy atom. The maximum Gasteiger partial charge on any atom is 0.341 e. The molecule has 5 rings (SSSR count). The highest BCUT2D eigenvalue weighted by Crippen LogP contribution is 2.52. The molecule has 3 aromatic carbocycles. The Balaban J connectivity index is 1.58. The molecule has 0 atom stereocenters. The molecule has 1 N–H and O–H groups in total. The van der Waals surface area contributed by atoms with Crippen molar-refractivity contribution in [3.63, 3.8) is 0 Å². The third-order valence-electron chi connectivity index (χ3n) is 7.65. The molecule has 0 unspecified atom stereocenters. The van der Waals surface area contributed by atoms with Crippen LogP contribution in [0.2, 0.25) is 0 Å². The first-order valence-corrected chi connectivity index (χ1v) is 14.1. The number of methoxy groups -OCH3 is 1. The number of carbonyl (C=O) groups is 1. The predicted octanol–water partition coefficient (Wildman–Crippen LogP) is 5.68. The molecule has 1 fully saturated rings. The van der Waals surface area contributed by atoms with Crippen molar-refractivity contribution < 1.29 is 32.2 Å². The molecule has 1 spiro atoms. The van der Waals surface area contributed by atoms with Crippen molar-refractivity contribution in [2.24, 2.45) is 0 Å². The summed E-state index contributed by atoms with van der Waals surface area (Å²) in [5.74, 6) is -0.607. The summed E-state index contributed by atoms with van der Waals surface area (Å²) in [6, 6.07) is 14.5. The summed E-state index contributed by atoms with van der Waals surface area (Å²) in [6.07, 6.45) is 4.87. The van der Waals surface area contributed by atoms with Crippen molar-refractivity contribution in [2.45, 2.75) is 49.3 Å². The molecular weight excluding hydrogens is 509 g/mol. The van der Waals surface area contributed by atoms with Crippen LogP contribution in [-0.4, -0.2) is 39.8 Å². The van der Waals surface area contributed by atoms with E-state index in [0.29, 0.717) is 34.9 Å². The van der Waals surface area contributed by atoms with Gasteiger partial charge in [-0.25, -0.2) is 17.6 Å². The number of carboxylic acid groups (broad SMARTS) is 1. The molecule has 0 bridgehead atoms. The zero-order chi connectivity index (χ0) is 27.1. The molecule has 1 heterocycles. The normalized spacial score (nSPS) is 16.3. The van der Waals surface area contributed by atoms with Crippen LogP contribution in [0.3, 0.4) is 0 Å². The number of sulfonamides is 1. The molecule has 1 saturated carbocycles. The van der Waals surface area contributed by atoms with E-state index in [9.17, 15) is 17.6 Å². The minimum absolute atomic E-state index is 0.118. The minimum atomic E-state index is -3.92. The highest BCUT2D eigenvalue weighted by molar-refractivity contribution is 7.92. The fourth-order valence-corrected chi connectivity index (χ4v) is 7.43. The second kappa shape index (κ2) is 9.94. The van der Waals surface area contributed by atoms with Gasteiger partial charge in [0.25, 0.3) is 10.0 Å². The van der Waals surface area contributed by atoms with Gasteiger partial charge in [0.15, 0.2) is 6.61 Å². The number of hydrogen-bond donors (Lipinski definition) is 1. The van der Waals surface area contributed by atoms with Crippen molar-refractivity contribution in [1.82, 2.24) is 0 Å². The van der Waals surface area contributed by atoms with Crippen molar-refractivity contribution in [2.75, 3.05) is 24.6 Å². The quantitative estimate of drug-likeness (QED) is 0.415. The summed E-state index contributed by atoms with van der Waals surface area (Å²) in [5, 5.41) is 8.89. The number of rotatable bonds is 7. The number of aryl methyl sites for hydroxylation is 1. The largest absolute Gasteiger partial charge is 0.496 e. The van der Waals surface area contributed by atoms with Crippen LogP contribution >= 0.6 is 0 Å². The molecule has 9 heteroatoms. The van der Waals surface area contributed by atoms with Gasteiger partial charge in [-0.2, -0.15) is 0 Å². The third kappa shape index (κ3) is 4.60. The second-order valence-electron chi connectivity index (χ2n) is 10.0. The van der Waals surface area contributed by atoms with Gasteiger partial charge < -0.3 is 14.6 Å². The van der Waals surface area contributed by atoms with Crippen molar-refractivity contribution in [3.05, 3.63) is 71.5 Å². The van der Waals surface area contributed by atoms with E-state index in [0.717, 1.165) is 43.2 Å². The molecule has 1 aliphatic heterocycles. The van der Waals surface area contributed by atoms with Crippen molar-refractivity contribution in [3.8, 4) is 22.6 Å². The summed E-state index contributed by atoms with van der Waals surface area (Å²) < 4.78 is 54.4. The second-order valence-corrected chi connectivity index (χ2v) is 11.9. The van der Waals surface area contributed by atoms with Crippen LogP contribution in [0.5, 0.6) is 11.5 Å². The third-order valence-corrected chi connectivity index (χ3v) is 9.41. The number of fused-ring (bicyclic) bond motifs is 2. The van der Waals surface area contributed by atoms with Crippen molar-refractivity contribution >= 4 is 21.7 Å². The fourth-order valence-electron chi connectivity index (χ4n) is 5.78. The van der Waals surface area contributed by atoms with Crippen LogP contribution in [0.4, 0.5) is 10.1 Å². The number of aliphatic carboxylic acids is 1. The Hall–Kier alpha value is -3.59. The Morgan fingerprint density at radius 1 is 1.03 bits per heavy atom. The fraction of sp³-hybridized carbons (Fsp3) is 0.345. The maximum atomic E-state index is 14.2. The van der Waals surface area contributed by atoms with Gasteiger partial charge in [-0.1, -0.05) is 25.3 Å². The van der Waals surface area contributed by atoms with E-state index in [4.69, 9.17) is 14.6 Å². The van der Waals surface area contributed by atoms with Crippen LogP contribution in [0.15, 0.2) is 59.5 Å². The molecule has 0 radical (unpaired) electrons. The van der Waals surface area contributed by atoms with E-state index < -0.39 is 22.6 Å². The number of halogens is 1. The first-order valence-electron chi connectivity index (χ1n) is 12.6. The summed E-state index contributed by atoms with van der Waals surface area (Å²) in [5.41, 5.74) is 3.21. The first kappa shape index (κ1) is 26.0. The van der Waals surface area contributed by atoms with Gasteiger partial charge in [-0.15, -0.1) is 0 Å². The summed E-state index contributed by atoms with van der Waals surface area (Å²) in [4.78, 5) is 11.0. The molecule has 1 aliphatic carbocycles. The highest BCUT2D eigenvalue weighted by Gasteiger charge is 2.47. The molecule has 7 nitrogen and oxygen atoms in total. The summed E-state index contributed by atoms with van der Waals surface area (Å²) in [7, 11) is -2.38. The Morgan fingerprint density at radius 2 is 1.76 bits per heavy atom. The number of benzene rings is 3. The number of ether oxygens (including phenoxy) is 2. The first-order chi connectivity index (χ1) is 18.1. The van der Waals surface area contributed by atoms with Crippen LogP contribution in [0, 0.1) is 12.7 Å². The predicted molar refractivity (Wildman–Crippen MR) is 142 cm³/mol. The molecule has 0 aromatic heterocycles. The number of anilines is 1. The zero-order valence-electron chi connectivity index (χ0n) is 21.4. The van der Waals surface area contributed by atoms with Gasteiger partial charge in [-0.3, -0.25) is 4.31 Å². The molecule has 0 amide bonds. The molecule has 38 heavy (non-hydrogen) atoms. The molecule has 0 saturated heterocycles. The minimum Gasteiger partial charge on any atom is -0.496 e. The smallest absolute Gasteiger partial charge is 0.341 e. The number of nitrogens with zero attached hydrogens (tertiary/aromatic N) is 1. The number of hydrogen-bond acceptors (Lipinski definition) is 5. The standard InChI is InChI=1S/C29H30FNO6S/c1-19-14-22(8-11-26(19)37-17-28(32)33)38(34,35)31-18-29(12-4-3-5-13-29)24-15-20(6-9-25(24)31)23-16-21(30)7-10-27(23)36-2/h6-11,14-16H,3-5,12-13,17-18H2,1-2H3,(H,32,33). The highest BCUT2D eigenvalue weighted by atomic mass is 32.2. The molecular formula is C29H30FNO6S. The van der Waals surface area contributed by atoms with Crippen LogP contribution in [0.1, 0.15) is 43.2 Å². The number of carboxylic acids is 1. The summed E-state index contributed by atoms with van der Waals surface area (Å²) in [6.45, 7) is 1.52. The lowest BCUT2D eigenvalue weighted by Gasteiger charge is -2.34. The van der Waals surface area contributed by atoms with E-state index in [1.54, 1.807) is 20.1 Å². The zero-order valence-corrected chi connectivity index (χ0v) is 22.2. The van der Waals surface area contributed by atoms with Gasteiger partial charge >= 0.3 is 5.97 Å². The van der Waals surface area contributed by atoms with Crippen LogP contribution in [-0.2, 0) is 20.2 Å². The van der Waals surface area contributed by atoms with Gasteiger partial charge in [-0.05, 0) is 85.0 Å². The Bertz CT molecular complexity index is 1500. The topological polar surface area (TPSA) is 93.1 Å². The van der Waals surface area contributed by atoms with E-state index in [1.807, 2.05) is 18.2 Å². The van der Waals surface area contributed by atoms with E-state index in [2.05, 4.69) is 0 Å². The van der Waals surface area contributed by atoms with Gasteiger partial charge in [0, 0.05) is 17.5 Å². The average molecular weight is 540 g/mol. The average Bonchev–Trinajstić information content (AvgIpc) is 3.21.